The summed E-state index contributed by atoms with van der Waals surface area (Å²) < 4.78 is 9.72. The fourth-order valence-corrected chi connectivity index (χ4v) is 2.26. The van der Waals surface area contributed by atoms with Crippen molar-refractivity contribution >= 4 is 11.9 Å². The fraction of sp³-hybridized carbons (Fsp3) is 0.222. The van der Waals surface area contributed by atoms with E-state index >= 15 is 0 Å². The van der Waals surface area contributed by atoms with Gasteiger partial charge < -0.3 is 25.0 Å². The lowest BCUT2D eigenvalue weighted by Gasteiger charge is -2.22. The smallest absolute Gasteiger partial charge is 0.331 e. The largest absolute Gasteiger partial charge is 0.508 e. The van der Waals surface area contributed by atoms with E-state index in [1.165, 1.54) is 31.4 Å². The number of carbonyl (C=O) groups is 2. The number of hydrogen-bond acceptors (Lipinski definition) is 6. The molecule has 2 atom stereocenters. The van der Waals surface area contributed by atoms with Gasteiger partial charge in [0.1, 0.15) is 17.6 Å². The second-order valence-corrected chi connectivity index (χ2v) is 5.24. The molecule has 0 radical (unpaired) electrons. The first-order valence-corrected chi connectivity index (χ1v) is 7.46. The van der Waals surface area contributed by atoms with Gasteiger partial charge in [0.15, 0.2) is 6.04 Å². The molecule has 2 aromatic rings. The van der Waals surface area contributed by atoms with Crippen LogP contribution in [0.25, 0.3) is 0 Å². The van der Waals surface area contributed by atoms with E-state index in [-0.39, 0.29) is 11.3 Å². The van der Waals surface area contributed by atoms with Crippen molar-refractivity contribution in [3.63, 3.8) is 0 Å². The van der Waals surface area contributed by atoms with E-state index in [0.717, 1.165) is 7.11 Å². The molecule has 0 saturated heterocycles. The number of amides is 1. The van der Waals surface area contributed by atoms with Crippen molar-refractivity contribution < 1.29 is 29.3 Å². The molecule has 0 aliphatic heterocycles. The molecule has 0 heterocycles. The highest BCUT2D eigenvalue weighted by atomic mass is 16.5. The summed E-state index contributed by atoms with van der Waals surface area (Å²) in [5, 5.41) is 22.4. The Labute approximate surface area is 144 Å². The number of ether oxygens (including phenoxy) is 2. The summed E-state index contributed by atoms with van der Waals surface area (Å²) in [6.45, 7) is 0. The van der Waals surface area contributed by atoms with Gasteiger partial charge in [-0.1, -0.05) is 18.2 Å². The normalized spacial score (nSPS) is 12.8. The van der Waals surface area contributed by atoms with Gasteiger partial charge in [-0.25, -0.2) is 4.79 Å². The Hall–Kier alpha value is -3.06. The van der Waals surface area contributed by atoms with Crippen molar-refractivity contribution in [2.75, 3.05) is 14.2 Å². The molecule has 0 aliphatic rings. The average Bonchev–Trinajstić information content (AvgIpc) is 2.64. The Morgan fingerprint density at radius 1 is 1.08 bits per heavy atom. The zero-order valence-corrected chi connectivity index (χ0v) is 13.8. The maximum atomic E-state index is 12.3. The molecule has 0 bridgehead atoms. The van der Waals surface area contributed by atoms with E-state index < -0.39 is 24.0 Å². The second-order valence-electron chi connectivity index (χ2n) is 5.24. The fourth-order valence-electron chi connectivity index (χ4n) is 2.26. The van der Waals surface area contributed by atoms with Crippen LogP contribution < -0.4 is 10.1 Å². The van der Waals surface area contributed by atoms with Crippen LogP contribution in [0.15, 0.2) is 48.5 Å². The van der Waals surface area contributed by atoms with Crippen molar-refractivity contribution in [1.82, 2.24) is 5.32 Å². The van der Waals surface area contributed by atoms with Crippen molar-refractivity contribution in [2.24, 2.45) is 0 Å². The van der Waals surface area contributed by atoms with Gasteiger partial charge in [-0.15, -0.1) is 0 Å². The topological polar surface area (TPSA) is 105 Å². The molecule has 7 heteroatoms. The van der Waals surface area contributed by atoms with E-state index in [1.807, 2.05) is 0 Å². The van der Waals surface area contributed by atoms with E-state index in [2.05, 4.69) is 10.1 Å². The first-order chi connectivity index (χ1) is 12.0. The van der Waals surface area contributed by atoms with Crippen LogP contribution in [0.3, 0.4) is 0 Å². The zero-order valence-electron chi connectivity index (χ0n) is 13.8. The van der Waals surface area contributed by atoms with Gasteiger partial charge in [0.05, 0.1) is 14.2 Å². The van der Waals surface area contributed by atoms with E-state index in [4.69, 9.17) is 4.74 Å². The van der Waals surface area contributed by atoms with Crippen LogP contribution in [0.1, 0.15) is 22.0 Å². The molecule has 0 aromatic heterocycles. The number of aliphatic hydroxyl groups is 1. The van der Waals surface area contributed by atoms with Gasteiger partial charge in [-0.05, 0) is 35.9 Å². The lowest BCUT2D eigenvalue weighted by molar-refractivity contribution is -0.146. The second kappa shape index (κ2) is 8.16. The molecule has 0 saturated carbocycles. The number of carbonyl (C=O) groups excluding carboxylic acids is 2. The van der Waals surface area contributed by atoms with Crippen LogP contribution in [0.2, 0.25) is 0 Å². The summed E-state index contributed by atoms with van der Waals surface area (Å²) >= 11 is 0. The van der Waals surface area contributed by atoms with Crippen molar-refractivity contribution in [3.05, 3.63) is 59.7 Å². The van der Waals surface area contributed by atoms with Gasteiger partial charge in [-0.3, -0.25) is 4.79 Å². The number of phenols is 1. The minimum Gasteiger partial charge on any atom is -0.508 e. The molecule has 132 valence electrons. The quantitative estimate of drug-likeness (QED) is 0.684. The molecule has 2 unspecified atom stereocenters. The number of benzene rings is 2. The maximum Gasteiger partial charge on any atom is 0.331 e. The Morgan fingerprint density at radius 2 is 1.76 bits per heavy atom. The average molecular weight is 345 g/mol. The van der Waals surface area contributed by atoms with Crippen LogP contribution in [-0.2, 0) is 9.53 Å². The highest BCUT2D eigenvalue weighted by Crippen LogP contribution is 2.21. The molecule has 0 fully saturated rings. The molecule has 2 aromatic carbocycles. The Balaban J connectivity index is 2.22. The number of phenolic OH excluding ortho intramolecular Hbond substituents is 1. The summed E-state index contributed by atoms with van der Waals surface area (Å²) in [4.78, 5) is 24.3. The molecule has 3 N–H and O–H groups in total. The number of methoxy groups -OCH3 is 2. The lowest BCUT2D eigenvalue weighted by Crippen LogP contribution is -2.45. The number of aliphatic hydroxyl groups excluding tert-OH is 1. The Morgan fingerprint density at radius 3 is 2.32 bits per heavy atom. The van der Waals surface area contributed by atoms with Gasteiger partial charge in [0, 0.05) is 5.56 Å². The van der Waals surface area contributed by atoms with Gasteiger partial charge in [0.25, 0.3) is 5.91 Å². The summed E-state index contributed by atoms with van der Waals surface area (Å²) in [7, 11) is 2.68. The molecule has 1 amide bonds. The number of aromatic hydroxyl groups is 1. The molecule has 2 rings (SSSR count). The van der Waals surface area contributed by atoms with Crippen molar-refractivity contribution in [2.45, 2.75) is 12.1 Å². The maximum absolute atomic E-state index is 12.3. The summed E-state index contributed by atoms with van der Waals surface area (Å²) in [6, 6.07) is 10.8. The summed E-state index contributed by atoms with van der Waals surface area (Å²) in [6.07, 6.45) is -1.32. The Bertz CT molecular complexity index is 743. The standard InChI is InChI=1S/C18H19NO6/c1-24-14-8-6-11(7-9-14)16(21)15(18(23)25-2)19-17(22)12-4-3-5-13(20)10-12/h3-10,15-16,20-21H,1-2H3,(H,19,22). The molecule has 0 spiro atoms. The highest BCUT2D eigenvalue weighted by Gasteiger charge is 2.31. The van der Waals surface area contributed by atoms with Crippen LogP contribution in [0.5, 0.6) is 11.5 Å². The van der Waals surface area contributed by atoms with E-state index in [1.54, 1.807) is 24.3 Å². The first kappa shape index (κ1) is 18.3. The van der Waals surface area contributed by atoms with E-state index in [0.29, 0.717) is 11.3 Å². The minimum atomic E-state index is -1.32. The van der Waals surface area contributed by atoms with Crippen LogP contribution in [0.4, 0.5) is 0 Å². The third-order valence-electron chi connectivity index (χ3n) is 3.62. The first-order valence-electron chi connectivity index (χ1n) is 7.46. The van der Waals surface area contributed by atoms with Gasteiger partial charge in [0.2, 0.25) is 0 Å². The van der Waals surface area contributed by atoms with Crippen LogP contribution in [0, 0.1) is 0 Å². The SMILES string of the molecule is COC(=O)C(NC(=O)c1cccc(O)c1)C(O)c1ccc(OC)cc1. The number of esters is 1. The van der Waals surface area contributed by atoms with Crippen LogP contribution >= 0.6 is 0 Å². The molecular weight excluding hydrogens is 326 g/mol. The number of rotatable bonds is 6. The predicted molar refractivity (Wildman–Crippen MR) is 89.3 cm³/mol. The third-order valence-corrected chi connectivity index (χ3v) is 3.62. The lowest BCUT2D eigenvalue weighted by atomic mass is 10.0. The van der Waals surface area contributed by atoms with Crippen molar-refractivity contribution in [3.8, 4) is 11.5 Å². The Kier molecular flexibility index (Phi) is 5.97. The summed E-state index contributed by atoms with van der Waals surface area (Å²) in [5.41, 5.74) is 0.559. The predicted octanol–water partition coefficient (Wildman–Crippen LogP) is 1.41. The highest BCUT2D eigenvalue weighted by molar-refractivity contribution is 5.97. The number of hydrogen-bond donors (Lipinski definition) is 3. The third kappa shape index (κ3) is 4.48. The minimum absolute atomic E-state index is 0.0852. The molecule has 7 nitrogen and oxygen atoms in total. The van der Waals surface area contributed by atoms with E-state index in [9.17, 15) is 19.8 Å². The molecular formula is C18H19NO6. The summed E-state index contributed by atoms with van der Waals surface area (Å²) in [5.74, 6) is -0.914. The monoisotopic (exact) mass is 345 g/mol. The van der Waals surface area contributed by atoms with Crippen LogP contribution in [-0.4, -0.2) is 42.4 Å². The zero-order chi connectivity index (χ0) is 18.4. The van der Waals surface area contributed by atoms with Gasteiger partial charge >= 0.3 is 5.97 Å². The number of nitrogens with one attached hydrogen (secondary N) is 1. The van der Waals surface area contributed by atoms with Gasteiger partial charge in [-0.2, -0.15) is 0 Å². The van der Waals surface area contributed by atoms with Crippen molar-refractivity contribution in [1.29, 1.82) is 0 Å². The molecule has 25 heavy (non-hydrogen) atoms. The molecule has 0 aliphatic carbocycles.